The van der Waals surface area contributed by atoms with Gasteiger partial charge in [-0.15, -0.1) is 24.0 Å². The lowest BCUT2D eigenvalue weighted by molar-refractivity contribution is -0.188. The van der Waals surface area contributed by atoms with Gasteiger partial charge in [0.05, 0.1) is 12.6 Å². The van der Waals surface area contributed by atoms with Gasteiger partial charge in [-0.05, 0) is 38.8 Å². The van der Waals surface area contributed by atoms with Crippen LogP contribution in [0, 0.1) is 18.3 Å². The number of guanidine groups is 1. The van der Waals surface area contributed by atoms with E-state index >= 15 is 0 Å². The third-order valence-corrected chi connectivity index (χ3v) is 6.22. The van der Waals surface area contributed by atoms with Crippen LogP contribution in [0.3, 0.4) is 0 Å². The standard InChI is InChI=1S/C23H32N4O2.HI/c1-5-24-22(27-19-18-7-6-12-28-20(18)23(19,3)4)25-13-17-14-29-21(26-17)16-10-8-15(2)9-11-16;/h8-11,14,18-20H,5-7,12-13H2,1-4H3,(H2,24,25,27);1H. The fraction of sp³-hybridized carbons (Fsp3) is 0.565. The third kappa shape index (κ3) is 4.66. The van der Waals surface area contributed by atoms with E-state index in [1.165, 1.54) is 12.0 Å². The summed E-state index contributed by atoms with van der Waals surface area (Å²) < 4.78 is 11.7. The zero-order valence-corrected chi connectivity index (χ0v) is 20.6. The van der Waals surface area contributed by atoms with Crippen molar-refractivity contribution in [1.29, 1.82) is 0 Å². The van der Waals surface area contributed by atoms with Crippen LogP contribution in [-0.2, 0) is 11.3 Å². The molecule has 0 spiro atoms. The number of aromatic nitrogens is 1. The summed E-state index contributed by atoms with van der Waals surface area (Å²) in [4.78, 5) is 9.36. The molecule has 1 saturated heterocycles. The molecule has 3 unspecified atom stereocenters. The van der Waals surface area contributed by atoms with Crippen molar-refractivity contribution in [2.24, 2.45) is 16.3 Å². The molecule has 7 heteroatoms. The number of benzene rings is 1. The Balaban J connectivity index is 0.00000256. The molecule has 2 fully saturated rings. The van der Waals surface area contributed by atoms with Gasteiger partial charge in [0.2, 0.25) is 5.89 Å². The third-order valence-electron chi connectivity index (χ3n) is 6.22. The summed E-state index contributed by atoms with van der Waals surface area (Å²) in [6, 6.07) is 8.55. The van der Waals surface area contributed by atoms with E-state index in [4.69, 9.17) is 14.1 Å². The Kier molecular flexibility index (Phi) is 7.44. The molecule has 0 bridgehead atoms. The van der Waals surface area contributed by atoms with Crippen LogP contribution < -0.4 is 10.6 Å². The SMILES string of the molecule is CCNC(=NCc1coc(-c2ccc(C)cc2)n1)NC1C2CCCOC2C1(C)C.I. The number of aliphatic imine (C=N–C) groups is 1. The molecule has 2 N–H and O–H groups in total. The summed E-state index contributed by atoms with van der Waals surface area (Å²) in [5.74, 6) is 2.02. The number of aryl methyl sites for hydroxylation is 1. The lowest BCUT2D eigenvalue weighted by Gasteiger charge is -2.60. The van der Waals surface area contributed by atoms with Gasteiger partial charge in [0.25, 0.3) is 0 Å². The number of ether oxygens (including phenoxy) is 1. The number of rotatable bonds is 5. The van der Waals surface area contributed by atoms with Crippen LogP contribution in [0.5, 0.6) is 0 Å². The predicted octanol–water partition coefficient (Wildman–Crippen LogP) is 4.53. The molecular formula is C23H33IN4O2. The first-order valence-electron chi connectivity index (χ1n) is 10.7. The molecule has 3 atom stereocenters. The van der Waals surface area contributed by atoms with E-state index in [-0.39, 0.29) is 29.4 Å². The molecule has 4 rings (SSSR count). The number of hydrogen-bond acceptors (Lipinski definition) is 4. The first-order chi connectivity index (χ1) is 14.0. The van der Waals surface area contributed by atoms with Crippen LogP contribution >= 0.6 is 24.0 Å². The van der Waals surface area contributed by atoms with Gasteiger partial charge >= 0.3 is 0 Å². The Labute approximate surface area is 196 Å². The molecular weight excluding hydrogens is 491 g/mol. The highest BCUT2D eigenvalue weighted by Gasteiger charge is 2.58. The second-order valence-electron chi connectivity index (χ2n) is 8.75. The average molecular weight is 524 g/mol. The summed E-state index contributed by atoms with van der Waals surface area (Å²) in [5.41, 5.74) is 3.13. The Morgan fingerprint density at radius 2 is 2.03 bits per heavy atom. The number of halogens is 1. The summed E-state index contributed by atoms with van der Waals surface area (Å²) in [5, 5.41) is 7.03. The van der Waals surface area contributed by atoms with Crippen molar-refractivity contribution in [3.8, 4) is 11.5 Å². The molecule has 1 aliphatic heterocycles. The maximum Gasteiger partial charge on any atom is 0.226 e. The van der Waals surface area contributed by atoms with Crippen molar-refractivity contribution >= 4 is 29.9 Å². The first-order valence-corrected chi connectivity index (χ1v) is 10.7. The summed E-state index contributed by atoms with van der Waals surface area (Å²) in [6.45, 7) is 10.9. The highest BCUT2D eigenvalue weighted by molar-refractivity contribution is 14.0. The molecule has 6 nitrogen and oxygen atoms in total. The van der Waals surface area contributed by atoms with E-state index in [0.29, 0.717) is 30.5 Å². The summed E-state index contributed by atoms with van der Waals surface area (Å²) in [7, 11) is 0. The highest BCUT2D eigenvalue weighted by Crippen LogP contribution is 2.51. The normalized spacial score (nSPS) is 24.9. The lowest BCUT2D eigenvalue weighted by Crippen LogP contribution is -2.71. The number of nitrogens with zero attached hydrogens (tertiary/aromatic N) is 2. The van der Waals surface area contributed by atoms with E-state index in [2.05, 4.69) is 55.4 Å². The number of hydrogen-bond donors (Lipinski definition) is 2. The van der Waals surface area contributed by atoms with Gasteiger partial charge in [-0.2, -0.15) is 0 Å². The molecule has 1 aromatic carbocycles. The second-order valence-corrected chi connectivity index (χ2v) is 8.75. The van der Waals surface area contributed by atoms with Crippen LogP contribution in [0.2, 0.25) is 0 Å². The molecule has 2 heterocycles. The lowest BCUT2D eigenvalue weighted by atomic mass is 9.55. The molecule has 1 aliphatic carbocycles. The zero-order valence-electron chi connectivity index (χ0n) is 18.3. The van der Waals surface area contributed by atoms with E-state index < -0.39 is 0 Å². The topological polar surface area (TPSA) is 71.7 Å². The largest absolute Gasteiger partial charge is 0.444 e. The van der Waals surface area contributed by atoms with E-state index in [1.54, 1.807) is 6.26 Å². The predicted molar refractivity (Wildman–Crippen MR) is 130 cm³/mol. The monoisotopic (exact) mass is 524 g/mol. The smallest absolute Gasteiger partial charge is 0.226 e. The minimum absolute atomic E-state index is 0. The number of nitrogens with one attached hydrogen (secondary N) is 2. The van der Waals surface area contributed by atoms with E-state index in [1.807, 2.05) is 12.1 Å². The first kappa shape index (κ1) is 23.1. The van der Waals surface area contributed by atoms with Gasteiger partial charge in [0, 0.05) is 36.1 Å². The highest BCUT2D eigenvalue weighted by atomic mass is 127. The maximum absolute atomic E-state index is 6.02. The molecule has 0 amide bonds. The Hall–Kier alpha value is -1.61. The van der Waals surface area contributed by atoms with Crippen LogP contribution in [0.15, 0.2) is 39.9 Å². The van der Waals surface area contributed by atoms with Crippen molar-refractivity contribution in [1.82, 2.24) is 15.6 Å². The van der Waals surface area contributed by atoms with Gasteiger partial charge in [-0.3, -0.25) is 0 Å². The quantitative estimate of drug-likeness (QED) is 0.342. The minimum Gasteiger partial charge on any atom is -0.444 e. The zero-order chi connectivity index (χ0) is 20.4. The fourth-order valence-electron chi connectivity index (χ4n) is 4.65. The molecule has 2 aliphatic rings. The van der Waals surface area contributed by atoms with Crippen molar-refractivity contribution in [2.45, 2.75) is 59.2 Å². The van der Waals surface area contributed by atoms with E-state index in [0.717, 1.165) is 36.8 Å². The van der Waals surface area contributed by atoms with Crippen molar-refractivity contribution < 1.29 is 9.15 Å². The van der Waals surface area contributed by atoms with Gasteiger partial charge in [0.15, 0.2) is 5.96 Å². The maximum atomic E-state index is 6.02. The molecule has 30 heavy (non-hydrogen) atoms. The van der Waals surface area contributed by atoms with Gasteiger partial charge in [0.1, 0.15) is 12.0 Å². The second kappa shape index (κ2) is 9.68. The van der Waals surface area contributed by atoms with Gasteiger partial charge < -0.3 is 19.8 Å². The summed E-state index contributed by atoms with van der Waals surface area (Å²) >= 11 is 0. The van der Waals surface area contributed by atoms with Crippen LogP contribution in [0.4, 0.5) is 0 Å². The Bertz CT molecular complexity index is 862. The fourth-order valence-corrected chi connectivity index (χ4v) is 4.65. The minimum atomic E-state index is 0. The number of fused-ring (bicyclic) bond motifs is 1. The van der Waals surface area contributed by atoms with Gasteiger partial charge in [-0.25, -0.2) is 9.98 Å². The van der Waals surface area contributed by atoms with Crippen LogP contribution in [0.1, 0.15) is 44.9 Å². The molecule has 1 aromatic heterocycles. The Morgan fingerprint density at radius 3 is 2.77 bits per heavy atom. The van der Waals surface area contributed by atoms with Crippen LogP contribution in [-0.4, -0.2) is 36.2 Å². The van der Waals surface area contributed by atoms with Crippen LogP contribution in [0.25, 0.3) is 11.5 Å². The van der Waals surface area contributed by atoms with Crippen molar-refractivity contribution in [3.05, 3.63) is 41.8 Å². The molecule has 1 saturated carbocycles. The Morgan fingerprint density at radius 1 is 1.27 bits per heavy atom. The van der Waals surface area contributed by atoms with Gasteiger partial charge in [-0.1, -0.05) is 31.5 Å². The van der Waals surface area contributed by atoms with Crippen molar-refractivity contribution in [3.63, 3.8) is 0 Å². The molecule has 0 radical (unpaired) electrons. The van der Waals surface area contributed by atoms with E-state index in [9.17, 15) is 0 Å². The molecule has 2 aromatic rings. The molecule has 164 valence electrons. The number of oxazole rings is 1. The summed E-state index contributed by atoms with van der Waals surface area (Å²) in [6.07, 6.45) is 4.41. The van der Waals surface area contributed by atoms with Crippen molar-refractivity contribution in [2.75, 3.05) is 13.2 Å². The average Bonchev–Trinajstić information content (AvgIpc) is 3.19.